The van der Waals surface area contributed by atoms with Gasteiger partial charge in [0.2, 0.25) is 0 Å². The number of rotatable bonds is 12. The Bertz CT molecular complexity index is 100. The normalized spacial score (nSPS) is 10.1. The number of unbranched alkanes of at least 4 members (excludes halogenated alkanes) is 9. The summed E-state index contributed by atoms with van der Waals surface area (Å²) in [6.07, 6.45) is 14.0. The molecule has 0 aliphatic rings. The van der Waals surface area contributed by atoms with Crippen LogP contribution in [0.5, 0.6) is 0 Å². The van der Waals surface area contributed by atoms with E-state index in [9.17, 15) is 0 Å². The van der Waals surface area contributed by atoms with Crippen LogP contribution in [0.2, 0.25) is 0 Å². The molecule has 0 aliphatic heterocycles. The molecule has 0 aromatic rings. The van der Waals surface area contributed by atoms with Crippen LogP contribution in [0.4, 0.5) is 0 Å². The van der Waals surface area contributed by atoms with Crippen LogP contribution < -0.4 is 51.4 Å². The minimum Gasteiger partial charge on any atom is -1.00 e. The zero-order valence-corrected chi connectivity index (χ0v) is 15.0. The molecule has 2 heteroatoms. The van der Waals surface area contributed by atoms with Gasteiger partial charge in [-0.2, -0.15) is 0 Å². The molecule has 0 atom stereocenters. The minimum atomic E-state index is 0. The van der Waals surface area contributed by atoms with Gasteiger partial charge in [0.1, 0.15) is 0 Å². The first kappa shape index (κ1) is 19.9. The van der Waals surface area contributed by atoms with Gasteiger partial charge in [-0.05, 0) is 13.3 Å². The number of ether oxygens (including phenoxy) is 1. The average molecular weight is 254 g/mol. The fraction of sp³-hybridized carbons (Fsp3) is 1.00. The van der Waals surface area contributed by atoms with Crippen molar-refractivity contribution in [2.75, 3.05) is 13.2 Å². The summed E-state index contributed by atoms with van der Waals surface area (Å²) in [5.74, 6) is 0. The monoisotopic (exact) mass is 254 g/mol. The molecule has 0 unspecified atom stereocenters. The van der Waals surface area contributed by atoms with Gasteiger partial charge in [0.15, 0.2) is 0 Å². The molecule has 0 spiro atoms. The van der Waals surface area contributed by atoms with Crippen molar-refractivity contribution in [3.63, 3.8) is 0 Å². The van der Waals surface area contributed by atoms with Crippen LogP contribution in [-0.2, 0) is 4.74 Å². The van der Waals surface area contributed by atoms with Crippen LogP contribution in [0.1, 0.15) is 79.5 Å². The Hall–Kier alpha value is 1.60. The van der Waals surface area contributed by atoms with Crippen LogP contribution in [0, 0.1) is 0 Å². The largest absolute Gasteiger partial charge is 1.00 e. The first-order valence-corrected chi connectivity index (χ1v) is 6.99. The third-order valence-corrected chi connectivity index (χ3v) is 2.85. The molecule has 0 rings (SSSR count). The zero-order valence-electron chi connectivity index (χ0n) is 12.9. The van der Waals surface area contributed by atoms with Gasteiger partial charge < -0.3 is 6.16 Å². The van der Waals surface area contributed by atoms with Gasteiger partial charge in [-0.25, -0.2) is 0 Å². The molecular weight excluding hydrogens is 223 g/mol. The van der Waals surface area contributed by atoms with Gasteiger partial charge >= 0.3 is 51.4 Å². The summed E-state index contributed by atoms with van der Waals surface area (Å²) in [5.41, 5.74) is 0. The molecule has 0 aromatic carbocycles. The zero-order chi connectivity index (χ0) is 11.2. The summed E-state index contributed by atoms with van der Waals surface area (Å²) < 4.78 is 5.31. The molecular formula is C14H31KO. The Morgan fingerprint density at radius 1 is 0.688 bits per heavy atom. The predicted octanol–water partition coefficient (Wildman–Crippen LogP) is 2.06. The molecule has 94 valence electrons. The van der Waals surface area contributed by atoms with Crippen molar-refractivity contribution in [1.29, 1.82) is 0 Å². The summed E-state index contributed by atoms with van der Waals surface area (Å²) in [6.45, 7) is 6.18. The second-order valence-electron chi connectivity index (χ2n) is 4.38. The Labute approximate surface area is 147 Å². The summed E-state index contributed by atoms with van der Waals surface area (Å²) in [6, 6.07) is 0. The van der Waals surface area contributed by atoms with E-state index >= 15 is 0 Å². The summed E-state index contributed by atoms with van der Waals surface area (Å²) in [7, 11) is 0. The predicted molar refractivity (Wildman–Crippen MR) is 69.4 cm³/mol. The molecule has 0 radical (unpaired) electrons. The third kappa shape index (κ3) is 18.0. The fourth-order valence-corrected chi connectivity index (χ4v) is 1.84. The topological polar surface area (TPSA) is 9.23 Å². The van der Waals surface area contributed by atoms with Crippen molar-refractivity contribution in [2.24, 2.45) is 0 Å². The Morgan fingerprint density at radius 3 is 1.56 bits per heavy atom. The standard InChI is InChI=1S/C14H30O.K.H/c1-3-5-6-7-8-9-10-11-12-13-14-15-4-2;;/h3-14H2,1-2H3;;/q;+1;-1. The smallest absolute Gasteiger partial charge is 1.00 e. The first-order chi connectivity index (χ1) is 7.41. The van der Waals surface area contributed by atoms with Crippen molar-refractivity contribution in [2.45, 2.75) is 78.1 Å². The van der Waals surface area contributed by atoms with Crippen LogP contribution in [-0.4, -0.2) is 13.2 Å². The minimum absolute atomic E-state index is 0. The van der Waals surface area contributed by atoms with Crippen LogP contribution in [0.3, 0.4) is 0 Å². The maximum atomic E-state index is 5.31. The molecule has 0 saturated carbocycles. The van der Waals surface area contributed by atoms with E-state index in [1.54, 1.807) is 0 Å². The molecule has 0 aliphatic carbocycles. The molecule has 0 amide bonds. The molecule has 0 heterocycles. The quantitative estimate of drug-likeness (QED) is 0.383. The number of hydrogen-bond donors (Lipinski definition) is 0. The van der Waals surface area contributed by atoms with Crippen LogP contribution in [0.25, 0.3) is 0 Å². The van der Waals surface area contributed by atoms with E-state index in [0.717, 1.165) is 13.2 Å². The van der Waals surface area contributed by atoms with Crippen LogP contribution >= 0.6 is 0 Å². The molecule has 0 N–H and O–H groups in total. The van der Waals surface area contributed by atoms with Gasteiger partial charge in [-0.3, -0.25) is 0 Å². The molecule has 16 heavy (non-hydrogen) atoms. The summed E-state index contributed by atoms with van der Waals surface area (Å²) in [4.78, 5) is 0. The summed E-state index contributed by atoms with van der Waals surface area (Å²) in [5, 5.41) is 0. The summed E-state index contributed by atoms with van der Waals surface area (Å²) >= 11 is 0. The van der Waals surface area contributed by atoms with Gasteiger partial charge in [0, 0.05) is 13.2 Å². The Balaban J connectivity index is -0.000000980. The molecule has 0 fully saturated rings. The van der Waals surface area contributed by atoms with Gasteiger partial charge in [0.25, 0.3) is 0 Å². The van der Waals surface area contributed by atoms with Crippen molar-refractivity contribution in [3.8, 4) is 0 Å². The van der Waals surface area contributed by atoms with Gasteiger partial charge in [-0.1, -0.05) is 64.7 Å². The van der Waals surface area contributed by atoms with Gasteiger partial charge in [-0.15, -0.1) is 0 Å². The SMILES string of the molecule is CCCCCCCCCCCCOCC.[H-].[K+]. The first-order valence-electron chi connectivity index (χ1n) is 6.99. The molecule has 0 bridgehead atoms. The van der Waals surface area contributed by atoms with Crippen molar-refractivity contribution >= 4 is 0 Å². The van der Waals surface area contributed by atoms with E-state index in [1.807, 2.05) is 0 Å². The van der Waals surface area contributed by atoms with E-state index < -0.39 is 0 Å². The van der Waals surface area contributed by atoms with E-state index in [4.69, 9.17) is 4.74 Å². The van der Waals surface area contributed by atoms with Crippen molar-refractivity contribution in [3.05, 3.63) is 0 Å². The van der Waals surface area contributed by atoms with Crippen molar-refractivity contribution in [1.82, 2.24) is 0 Å². The maximum Gasteiger partial charge on any atom is 1.00 e. The average Bonchev–Trinajstić information content (AvgIpc) is 2.26. The third-order valence-electron chi connectivity index (χ3n) is 2.85. The van der Waals surface area contributed by atoms with Crippen molar-refractivity contribution < 1.29 is 57.5 Å². The Morgan fingerprint density at radius 2 is 1.12 bits per heavy atom. The van der Waals surface area contributed by atoms with Crippen LogP contribution in [0.15, 0.2) is 0 Å². The second-order valence-corrected chi connectivity index (χ2v) is 4.38. The molecule has 0 aromatic heterocycles. The van der Waals surface area contributed by atoms with Gasteiger partial charge in [0.05, 0.1) is 0 Å². The molecule has 1 nitrogen and oxygen atoms in total. The second kappa shape index (κ2) is 18.9. The fourth-order valence-electron chi connectivity index (χ4n) is 1.84. The van der Waals surface area contributed by atoms with E-state index in [0.29, 0.717) is 0 Å². The Kier molecular flexibility index (Phi) is 23.6. The maximum absolute atomic E-state index is 5.31. The van der Waals surface area contributed by atoms with E-state index in [1.165, 1.54) is 64.2 Å². The van der Waals surface area contributed by atoms with E-state index in [-0.39, 0.29) is 52.8 Å². The molecule has 0 saturated heterocycles. The number of hydrogen-bond acceptors (Lipinski definition) is 1. The van der Waals surface area contributed by atoms with E-state index in [2.05, 4.69) is 13.8 Å².